The second kappa shape index (κ2) is 5.61. The molecule has 3 nitrogen and oxygen atoms in total. The third-order valence-corrected chi connectivity index (χ3v) is 3.03. The summed E-state index contributed by atoms with van der Waals surface area (Å²) in [6, 6.07) is 4.85. The maximum atomic E-state index is 13.0. The van der Waals surface area contributed by atoms with Crippen molar-refractivity contribution in [3.63, 3.8) is 0 Å². The summed E-state index contributed by atoms with van der Waals surface area (Å²) in [5.74, 6) is -0.257. The van der Waals surface area contributed by atoms with E-state index in [4.69, 9.17) is 9.47 Å². The first-order valence-corrected chi connectivity index (χ1v) is 5.93. The van der Waals surface area contributed by atoms with E-state index in [9.17, 15) is 4.39 Å². The van der Waals surface area contributed by atoms with Crippen LogP contribution in [0, 0.1) is 5.82 Å². The normalized spacial score (nSPS) is 20.8. The number of benzene rings is 1. The van der Waals surface area contributed by atoms with Gasteiger partial charge in [-0.15, -0.1) is 0 Å². The van der Waals surface area contributed by atoms with Crippen LogP contribution < -0.4 is 5.32 Å². The number of ether oxygens (including phenoxy) is 2. The van der Waals surface area contributed by atoms with Crippen molar-refractivity contribution in [2.45, 2.75) is 12.5 Å². The average Bonchev–Trinajstić information content (AvgIpc) is 2.32. The molecular weight excluding hydrogens is 277 g/mol. The minimum Gasteiger partial charge on any atom is -0.382 e. The molecule has 1 aromatic carbocycles. The molecule has 1 saturated heterocycles. The molecule has 1 aromatic rings. The van der Waals surface area contributed by atoms with Gasteiger partial charge in [0.05, 0.1) is 17.2 Å². The summed E-state index contributed by atoms with van der Waals surface area (Å²) < 4.78 is 23.9. The molecule has 5 heteroatoms. The zero-order valence-corrected chi connectivity index (χ0v) is 10.3. The topological polar surface area (TPSA) is 30.5 Å². The highest BCUT2D eigenvalue weighted by atomic mass is 79.9. The molecule has 1 aliphatic heterocycles. The SMILES string of the molecule is Fc1ccc(NCC2CCOCO2)cc1Br. The highest BCUT2D eigenvalue weighted by Crippen LogP contribution is 2.20. The van der Waals surface area contributed by atoms with E-state index in [1.165, 1.54) is 6.07 Å². The first kappa shape index (κ1) is 11.8. The molecular formula is C11H13BrFNO2. The fourth-order valence-electron chi connectivity index (χ4n) is 1.50. The van der Waals surface area contributed by atoms with E-state index in [-0.39, 0.29) is 11.9 Å². The monoisotopic (exact) mass is 289 g/mol. The molecule has 1 N–H and O–H groups in total. The third kappa shape index (κ3) is 3.17. The van der Waals surface area contributed by atoms with Gasteiger partial charge < -0.3 is 14.8 Å². The highest BCUT2D eigenvalue weighted by molar-refractivity contribution is 9.10. The lowest BCUT2D eigenvalue weighted by molar-refractivity contribution is -0.133. The zero-order valence-electron chi connectivity index (χ0n) is 8.71. The van der Waals surface area contributed by atoms with Crippen LogP contribution in [0.3, 0.4) is 0 Å². The molecule has 16 heavy (non-hydrogen) atoms. The number of halogens is 2. The Hall–Kier alpha value is -0.650. The molecule has 0 amide bonds. The lowest BCUT2D eigenvalue weighted by atomic mass is 10.2. The van der Waals surface area contributed by atoms with Gasteiger partial charge in [0.2, 0.25) is 0 Å². The second-order valence-corrected chi connectivity index (χ2v) is 4.47. The Bertz CT molecular complexity index is 356. The molecule has 2 rings (SSSR count). The summed E-state index contributed by atoms with van der Waals surface area (Å²) in [6.07, 6.45) is 1.05. The van der Waals surface area contributed by atoms with Gasteiger partial charge in [0.15, 0.2) is 0 Å². The average molecular weight is 290 g/mol. The molecule has 1 atom stereocenters. The summed E-state index contributed by atoms with van der Waals surface area (Å²) in [5.41, 5.74) is 0.878. The van der Waals surface area contributed by atoms with Gasteiger partial charge in [-0.2, -0.15) is 0 Å². The Balaban J connectivity index is 1.86. The maximum absolute atomic E-state index is 13.0. The van der Waals surface area contributed by atoms with Crippen LogP contribution in [0.15, 0.2) is 22.7 Å². The second-order valence-electron chi connectivity index (χ2n) is 3.61. The van der Waals surface area contributed by atoms with Crippen molar-refractivity contribution < 1.29 is 13.9 Å². The predicted molar refractivity (Wildman–Crippen MR) is 62.9 cm³/mol. The van der Waals surface area contributed by atoms with Crippen molar-refractivity contribution in [2.75, 3.05) is 25.3 Å². The quantitative estimate of drug-likeness (QED) is 0.928. The maximum Gasteiger partial charge on any atom is 0.147 e. The van der Waals surface area contributed by atoms with E-state index in [2.05, 4.69) is 21.2 Å². The van der Waals surface area contributed by atoms with Crippen LogP contribution in [-0.4, -0.2) is 26.0 Å². The van der Waals surface area contributed by atoms with Gasteiger partial charge in [-0.1, -0.05) is 0 Å². The Labute approximate surface area is 102 Å². The van der Waals surface area contributed by atoms with E-state index >= 15 is 0 Å². The summed E-state index contributed by atoms with van der Waals surface area (Å²) in [5, 5.41) is 3.21. The molecule has 1 aliphatic rings. The minimum absolute atomic E-state index is 0.164. The molecule has 1 fully saturated rings. The molecule has 0 spiro atoms. The Morgan fingerprint density at radius 3 is 3.06 bits per heavy atom. The van der Waals surface area contributed by atoms with Gasteiger partial charge in [-0.05, 0) is 40.5 Å². The van der Waals surface area contributed by atoms with Crippen LogP contribution in [-0.2, 0) is 9.47 Å². The van der Waals surface area contributed by atoms with Crippen LogP contribution in [0.1, 0.15) is 6.42 Å². The molecule has 0 bridgehead atoms. The van der Waals surface area contributed by atoms with Crippen molar-refractivity contribution in [3.8, 4) is 0 Å². The van der Waals surface area contributed by atoms with Crippen LogP contribution >= 0.6 is 15.9 Å². The van der Waals surface area contributed by atoms with Crippen LogP contribution in [0.4, 0.5) is 10.1 Å². The summed E-state index contributed by atoms with van der Waals surface area (Å²) >= 11 is 3.15. The predicted octanol–water partition coefficient (Wildman–Crippen LogP) is 2.76. The lowest BCUT2D eigenvalue weighted by Gasteiger charge is -2.23. The third-order valence-electron chi connectivity index (χ3n) is 2.42. The van der Waals surface area contributed by atoms with E-state index in [0.29, 0.717) is 17.8 Å². The first-order valence-electron chi connectivity index (χ1n) is 5.14. The van der Waals surface area contributed by atoms with Crippen LogP contribution in [0.25, 0.3) is 0 Å². The number of hydrogen-bond acceptors (Lipinski definition) is 3. The molecule has 88 valence electrons. The van der Waals surface area contributed by atoms with Crippen LogP contribution in [0.5, 0.6) is 0 Å². The summed E-state index contributed by atoms with van der Waals surface area (Å²) in [7, 11) is 0. The van der Waals surface area contributed by atoms with E-state index in [0.717, 1.165) is 18.7 Å². The molecule has 0 radical (unpaired) electrons. The Morgan fingerprint density at radius 1 is 1.50 bits per heavy atom. The fourth-order valence-corrected chi connectivity index (χ4v) is 1.88. The van der Waals surface area contributed by atoms with Crippen molar-refractivity contribution in [1.29, 1.82) is 0 Å². The van der Waals surface area contributed by atoms with E-state index in [1.807, 2.05) is 0 Å². The molecule has 1 heterocycles. The standard InChI is InChI=1S/C11H13BrFNO2/c12-10-5-8(1-2-11(10)13)14-6-9-3-4-15-7-16-9/h1-2,5,9,14H,3-4,6-7H2. The number of nitrogens with one attached hydrogen (secondary N) is 1. The molecule has 0 aromatic heterocycles. The zero-order chi connectivity index (χ0) is 11.4. The van der Waals surface area contributed by atoms with Gasteiger partial charge in [-0.25, -0.2) is 4.39 Å². The van der Waals surface area contributed by atoms with E-state index in [1.54, 1.807) is 12.1 Å². The van der Waals surface area contributed by atoms with Gasteiger partial charge in [0.1, 0.15) is 12.6 Å². The fraction of sp³-hybridized carbons (Fsp3) is 0.455. The molecule has 1 unspecified atom stereocenters. The van der Waals surface area contributed by atoms with Crippen LogP contribution in [0.2, 0.25) is 0 Å². The lowest BCUT2D eigenvalue weighted by Crippen LogP contribution is -2.30. The van der Waals surface area contributed by atoms with Gasteiger partial charge in [0, 0.05) is 12.2 Å². The Kier molecular flexibility index (Phi) is 4.15. The highest BCUT2D eigenvalue weighted by Gasteiger charge is 2.13. The van der Waals surface area contributed by atoms with Crippen molar-refractivity contribution in [1.82, 2.24) is 0 Å². The van der Waals surface area contributed by atoms with Crippen molar-refractivity contribution in [3.05, 3.63) is 28.5 Å². The Morgan fingerprint density at radius 2 is 2.38 bits per heavy atom. The smallest absolute Gasteiger partial charge is 0.147 e. The largest absolute Gasteiger partial charge is 0.382 e. The van der Waals surface area contributed by atoms with Crippen molar-refractivity contribution in [2.24, 2.45) is 0 Å². The minimum atomic E-state index is -0.257. The summed E-state index contributed by atoms with van der Waals surface area (Å²) in [4.78, 5) is 0. The first-order chi connectivity index (χ1) is 7.75. The van der Waals surface area contributed by atoms with Crippen molar-refractivity contribution >= 4 is 21.6 Å². The number of anilines is 1. The van der Waals surface area contributed by atoms with Gasteiger partial charge >= 0.3 is 0 Å². The summed E-state index contributed by atoms with van der Waals surface area (Å²) in [6.45, 7) is 1.81. The molecule has 0 saturated carbocycles. The van der Waals surface area contributed by atoms with E-state index < -0.39 is 0 Å². The number of rotatable bonds is 3. The number of hydrogen-bond donors (Lipinski definition) is 1. The van der Waals surface area contributed by atoms with Gasteiger partial charge in [0.25, 0.3) is 0 Å². The molecule has 0 aliphatic carbocycles. The van der Waals surface area contributed by atoms with Gasteiger partial charge in [-0.3, -0.25) is 0 Å².